The number of methoxy groups -OCH3 is 1. The summed E-state index contributed by atoms with van der Waals surface area (Å²) in [5.41, 5.74) is 0.823. The van der Waals surface area contributed by atoms with Gasteiger partial charge in [-0.25, -0.2) is 0 Å². The van der Waals surface area contributed by atoms with Crippen molar-refractivity contribution in [3.8, 4) is 0 Å². The molecule has 1 aromatic rings. The summed E-state index contributed by atoms with van der Waals surface area (Å²) in [5.74, 6) is 0.518. The maximum Gasteiger partial charge on any atom is 0.303 e. The summed E-state index contributed by atoms with van der Waals surface area (Å²) in [5, 5.41) is 0. The highest BCUT2D eigenvalue weighted by Gasteiger charge is 2.47. The van der Waals surface area contributed by atoms with Crippen LogP contribution in [0.2, 0.25) is 0 Å². The van der Waals surface area contributed by atoms with Crippen LogP contribution in [0.25, 0.3) is 0 Å². The molecule has 5 atom stereocenters. The van der Waals surface area contributed by atoms with Crippen molar-refractivity contribution in [2.24, 2.45) is 0 Å². The van der Waals surface area contributed by atoms with Crippen LogP contribution < -0.4 is 0 Å². The number of carbonyl (C=O) groups is 1. The summed E-state index contributed by atoms with van der Waals surface area (Å²) >= 11 is 1.61. The standard InChI is InChI=1S/C18H26O5S/c1-5-24-18-17(23-13(3)19)16(20-4)15(12(2)22-18)21-11-14-9-7-6-8-10-14/h6-10,12,15-18H,5,11H2,1-4H3/t12-,15-,16+,17+,18-/m0/s1. The lowest BCUT2D eigenvalue weighted by atomic mass is 10.00. The van der Waals surface area contributed by atoms with E-state index in [0.29, 0.717) is 6.61 Å². The highest BCUT2D eigenvalue weighted by molar-refractivity contribution is 7.99. The molecule has 1 fully saturated rings. The molecule has 0 aromatic heterocycles. The molecule has 2 rings (SSSR count). The van der Waals surface area contributed by atoms with Gasteiger partial charge >= 0.3 is 5.97 Å². The largest absolute Gasteiger partial charge is 0.456 e. The second-order valence-electron chi connectivity index (χ2n) is 5.70. The third-order valence-electron chi connectivity index (χ3n) is 3.92. The molecule has 0 spiro atoms. The number of ether oxygens (including phenoxy) is 4. The van der Waals surface area contributed by atoms with E-state index in [0.717, 1.165) is 11.3 Å². The predicted octanol–water partition coefficient (Wildman–Crippen LogP) is 3.02. The normalized spacial score (nSPS) is 30.1. The third-order valence-corrected chi connectivity index (χ3v) is 4.96. The number of hydrogen-bond donors (Lipinski definition) is 0. The van der Waals surface area contributed by atoms with Gasteiger partial charge in [-0.3, -0.25) is 4.79 Å². The van der Waals surface area contributed by atoms with E-state index in [4.69, 9.17) is 18.9 Å². The van der Waals surface area contributed by atoms with E-state index in [-0.39, 0.29) is 29.7 Å². The molecule has 24 heavy (non-hydrogen) atoms. The zero-order valence-electron chi connectivity index (χ0n) is 14.6. The Morgan fingerprint density at radius 2 is 1.92 bits per heavy atom. The Labute approximate surface area is 148 Å². The number of hydrogen-bond acceptors (Lipinski definition) is 6. The lowest BCUT2D eigenvalue weighted by Crippen LogP contribution is -2.58. The van der Waals surface area contributed by atoms with Crippen molar-refractivity contribution in [2.45, 2.75) is 57.2 Å². The summed E-state index contributed by atoms with van der Waals surface area (Å²) < 4.78 is 23.3. The van der Waals surface area contributed by atoms with Gasteiger partial charge < -0.3 is 18.9 Å². The molecule has 1 aromatic carbocycles. The molecular formula is C18H26O5S. The van der Waals surface area contributed by atoms with Crippen molar-refractivity contribution in [1.82, 2.24) is 0 Å². The number of thioether (sulfide) groups is 1. The van der Waals surface area contributed by atoms with E-state index < -0.39 is 6.10 Å². The molecule has 134 valence electrons. The fraction of sp³-hybridized carbons (Fsp3) is 0.611. The molecule has 1 saturated heterocycles. The summed E-state index contributed by atoms with van der Waals surface area (Å²) in [7, 11) is 1.62. The molecule has 0 unspecified atom stereocenters. The summed E-state index contributed by atoms with van der Waals surface area (Å²) in [6.07, 6.45) is -1.33. The van der Waals surface area contributed by atoms with Crippen molar-refractivity contribution in [1.29, 1.82) is 0 Å². The van der Waals surface area contributed by atoms with Crippen molar-refractivity contribution < 1.29 is 23.7 Å². The summed E-state index contributed by atoms with van der Waals surface area (Å²) in [6.45, 7) is 5.87. The highest BCUT2D eigenvalue weighted by atomic mass is 32.2. The van der Waals surface area contributed by atoms with Crippen LogP contribution in [-0.4, -0.2) is 48.7 Å². The molecule has 0 bridgehead atoms. The van der Waals surface area contributed by atoms with Gasteiger partial charge in [0, 0.05) is 14.0 Å². The van der Waals surface area contributed by atoms with E-state index in [1.54, 1.807) is 18.9 Å². The Hall–Kier alpha value is -1.08. The van der Waals surface area contributed by atoms with Crippen LogP contribution in [0.5, 0.6) is 0 Å². The summed E-state index contributed by atoms with van der Waals surface area (Å²) in [6, 6.07) is 9.94. The average Bonchev–Trinajstić information content (AvgIpc) is 2.56. The molecule has 0 saturated carbocycles. The first-order valence-electron chi connectivity index (χ1n) is 8.19. The molecule has 0 amide bonds. The molecule has 1 heterocycles. The fourth-order valence-electron chi connectivity index (χ4n) is 2.85. The molecular weight excluding hydrogens is 328 g/mol. The fourth-order valence-corrected chi connectivity index (χ4v) is 3.84. The maximum absolute atomic E-state index is 11.5. The van der Waals surface area contributed by atoms with Crippen LogP contribution in [0.15, 0.2) is 30.3 Å². The smallest absolute Gasteiger partial charge is 0.303 e. The first-order chi connectivity index (χ1) is 11.6. The van der Waals surface area contributed by atoms with Gasteiger partial charge in [0.25, 0.3) is 0 Å². The van der Waals surface area contributed by atoms with E-state index in [1.165, 1.54) is 6.92 Å². The van der Waals surface area contributed by atoms with Crippen LogP contribution in [0.4, 0.5) is 0 Å². The van der Waals surface area contributed by atoms with Crippen LogP contribution in [0, 0.1) is 0 Å². The zero-order chi connectivity index (χ0) is 17.5. The summed E-state index contributed by atoms with van der Waals surface area (Å²) in [4.78, 5) is 11.5. The molecule has 0 aliphatic carbocycles. The lowest BCUT2D eigenvalue weighted by molar-refractivity contribution is -0.229. The van der Waals surface area contributed by atoms with Crippen LogP contribution in [0.3, 0.4) is 0 Å². The van der Waals surface area contributed by atoms with Gasteiger partial charge in [0.05, 0.1) is 12.7 Å². The monoisotopic (exact) mass is 354 g/mol. The SMILES string of the molecule is CCS[C@@H]1O[C@@H](C)[C@H](OCc2ccccc2)[C@@H](OC)[C@H]1OC(C)=O. The average molecular weight is 354 g/mol. The first kappa shape index (κ1) is 19.2. The van der Waals surface area contributed by atoms with E-state index >= 15 is 0 Å². The number of rotatable bonds is 7. The van der Waals surface area contributed by atoms with Crippen molar-refractivity contribution in [2.75, 3.05) is 12.9 Å². The van der Waals surface area contributed by atoms with Crippen LogP contribution in [-0.2, 0) is 30.3 Å². The quantitative estimate of drug-likeness (QED) is 0.702. The van der Waals surface area contributed by atoms with Crippen LogP contribution in [0.1, 0.15) is 26.3 Å². The second-order valence-corrected chi connectivity index (χ2v) is 7.08. The van der Waals surface area contributed by atoms with Gasteiger partial charge in [-0.05, 0) is 18.2 Å². The van der Waals surface area contributed by atoms with Gasteiger partial charge in [-0.15, -0.1) is 11.8 Å². The molecule has 1 aliphatic heterocycles. The molecule has 0 N–H and O–H groups in total. The van der Waals surface area contributed by atoms with Crippen molar-refractivity contribution in [3.05, 3.63) is 35.9 Å². The Balaban J connectivity index is 2.12. The van der Waals surface area contributed by atoms with E-state index in [2.05, 4.69) is 0 Å². The van der Waals surface area contributed by atoms with Gasteiger partial charge in [0.2, 0.25) is 0 Å². The van der Waals surface area contributed by atoms with Gasteiger partial charge in [0.1, 0.15) is 17.6 Å². The number of esters is 1. The first-order valence-corrected chi connectivity index (χ1v) is 9.24. The predicted molar refractivity (Wildman–Crippen MR) is 93.8 cm³/mol. The topological polar surface area (TPSA) is 54.0 Å². The minimum atomic E-state index is -0.491. The zero-order valence-corrected chi connectivity index (χ0v) is 15.5. The molecule has 0 radical (unpaired) electrons. The van der Waals surface area contributed by atoms with Crippen molar-refractivity contribution >= 4 is 17.7 Å². The number of carbonyl (C=O) groups excluding carboxylic acids is 1. The Morgan fingerprint density at radius 3 is 2.50 bits per heavy atom. The van der Waals surface area contributed by atoms with Gasteiger partial charge in [0.15, 0.2) is 6.10 Å². The minimum absolute atomic E-state index is 0.158. The third kappa shape index (κ3) is 4.96. The molecule has 5 nitrogen and oxygen atoms in total. The maximum atomic E-state index is 11.5. The Bertz CT molecular complexity index is 509. The number of benzene rings is 1. The second kappa shape index (κ2) is 9.42. The van der Waals surface area contributed by atoms with Crippen molar-refractivity contribution in [3.63, 3.8) is 0 Å². The van der Waals surface area contributed by atoms with Crippen LogP contribution >= 0.6 is 11.8 Å². The Morgan fingerprint density at radius 1 is 1.21 bits per heavy atom. The highest BCUT2D eigenvalue weighted by Crippen LogP contribution is 2.33. The minimum Gasteiger partial charge on any atom is -0.456 e. The van der Waals surface area contributed by atoms with Gasteiger partial charge in [-0.2, -0.15) is 0 Å². The molecule has 6 heteroatoms. The van der Waals surface area contributed by atoms with E-state index in [1.807, 2.05) is 44.2 Å². The van der Waals surface area contributed by atoms with Gasteiger partial charge in [-0.1, -0.05) is 37.3 Å². The lowest BCUT2D eigenvalue weighted by Gasteiger charge is -2.44. The Kier molecular flexibility index (Phi) is 7.55. The molecule has 1 aliphatic rings. The van der Waals surface area contributed by atoms with E-state index in [9.17, 15) is 4.79 Å².